The quantitative estimate of drug-likeness (QED) is 0.837. The van der Waals surface area contributed by atoms with Gasteiger partial charge in [0.25, 0.3) is 0 Å². The highest BCUT2D eigenvalue weighted by Crippen LogP contribution is 2.21. The molecule has 0 heterocycles. The van der Waals surface area contributed by atoms with Gasteiger partial charge < -0.3 is 10.6 Å². The van der Waals surface area contributed by atoms with E-state index in [1.54, 1.807) is 12.1 Å². The van der Waals surface area contributed by atoms with E-state index >= 15 is 0 Å². The van der Waals surface area contributed by atoms with Crippen LogP contribution >= 0.6 is 0 Å². The van der Waals surface area contributed by atoms with Gasteiger partial charge in [-0.1, -0.05) is 24.3 Å². The molecule has 0 saturated carbocycles. The molecule has 2 rings (SSSR count). The first kappa shape index (κ1) is 12.4. The van der Waals surface area contributed by atoms with Crippen molar-refractivity contribution in [1.82, 2.24) is 0 Å². The van der Waals surface area contributed by atoms with E-state index in [2.05, 4.69) is 4.90 Å². The average molecular weight is 244 g/mol. The van der Waals surface area contributed by atoms with Gasteiger partial charge in [-0.25, -0.2) is 4.39 Å². The minimum atomic E-state index is -0.186. The molecule has 0 saturated heterocycles. The first-order valence-corrected chi connectivity index (χ1v) is 5.97. The van der Waals surface area contributed by atoms with E-state index in [0.29, 0.717) is 0 Å². The summed E-state index contributed by atoms with van der Waals surface area (Å²) < 4.78 is 13.0. The fourth-order valence-electron chi connectivity index (χ4n) is 1.94. The summed E-state index contributed by atoms with van der Waals surface area (Å²) in [7, 11) is 1.99. The number of para-hydroxylation sites is 2. The molecule has 0 aromatic heterocycles. The van der Waals surface area contributed by atoms with Crippen molar-refractivity contribution >= 4 is 11.4 Å². The van der Waals surface area contributed by atoms with Crippen LogP contribution in [0.3, 0.4) is 0 Å². The second-order valence-corrected chi connectivity index (χ2v) is 4.36. The van der Waals surface area contributed by atoms with Crippen molar-refractivity contribution in [1.29, 1.82) is 0 Å². The maximum absolute atomic E-state index is 13.0. The monoisotopic (exact) mass is 244 g/mol. The molecule has 0 amide bonds. The summed E-state index contributed by atoms with van der Waals surface area (Å²) >= 11 is 0. The van der Waals surface area contributed by atoms with Gasteiger partial charge in [0.2, 0.25) is 0 Å². The molecule has 18 heavy (non-hydrogen) atoms. The summed E-state index contributed by atoms with van der Waals surface area (Å²) in [6, 6.07) is 14.5. The summed E-state index contributed by atoms with van der Waals surface area (Å²) in [4.78, 5) is 2.08. The predicted molar refractivity (Wildman–Crippen MR) is 74.2 cm³/mol. The molecule has 0 bridgehead atoms. The van der Waals surface area contributed by atoms with Crippen LogP contribution in [0.25, 0.3) is 0 Å². The second kappa shape index (κ2) is 5.54. The van der Waals surface area contributed by atoms with Gasteiger partial charge in [-0.05, 0) is 36.2 Å². The standard InChI is InChI=1S/C15H17FN2/c1-18(15-8-3-2-7-14(15)17)10-9-12-5-4-6-13(16)11-12/h2-8,11H,9-10,17H2,1H3. The zero-order valence-electron chi connectivity index (χ0n) is 10.4. The molecular formula is C15H17FN2. The van der Waals surface area contributed by atoms with Gasteiger partial charge in [-0.2, -0.15) is 0 Å². The molecule has 0 aliphatic rings. The number of halogens is 1. The molecule has 0 fully saturated rings. The SMILES string of the molecule is CN(CCc1cccc(F)c1)c1ccccc1N. The van der Waals surface area contributed by atoms with Crippen LogP contribution in [0.1, 0.15) is 5.56 Å². The van der Waals surface area contributed by atoms with Crippen LogP contribution in [0.2, 0.25) is 0 Å². The smallest absolute Gasteiger partial charge is 0.123 e. The summed E-state index contributed by atoms with van der Waals surface area (Å²) in [5, 5.41) is 0. The normalized spacial score (nSPS) is 10.3. The number of benzene rings is 2. The number of likely N-dealkylation sites (N-methyl/N-ethyl adjacent to an activating group) is 1. The molecule has 0 aliphatic carbocycles. The van der Waals surface area contributed by atoms with E-state index in [1.807, 2.05) is 37.4 Å². The Kier molecular flexibility index (Phi) is 3.82. The fraction of sp³-hybridized carbons (Fsp3) is 0.200. The number of nitrogen functional groups attached to an aromatic ring is 1. The third-order valence-corrected chi connectivity index (χ3v) is 2.97. The van der Waals surface area contributed by atoms with Crippen molar-refractivity contribution in [3.05, 3.63) is 59.9 Å². The Bertz CT molecular complexity index is 525. The predicted octanol–water partition coefficient (Wildman–Crippen LogP) is 3.09. The Balaban J connectivity index is 2.00. The summed E-state index contributed by atoms with van der Waals surface area (Å²) in [5.74, 6) is -0.186. The number of nitrogens with zero attached hydrogens (tertiary/aromatic N) is 1. The maximum Gasteiger partial charge on any atom is 0.123 e. The summed E-state index contributed by atoms with van der Waals surface area (Å²) in [6.45, 7) is 0.803. The highest BCUT2D eigenvalue weighted by molar-refractivity contribution is 5.66. The summed E-state index contributed by atoms with van der Waals surface area (Å²) in [5.41, 5.74) is 8.68. The first-order valence-electron chi connectivity index (χ1n) is 5.97. The van der Waals surface area contributed by atoms with Crippen LogP contribution in [0.5, 0.6) is 0 Å². The minimum Gasteiger partial charge on any atom is -0.397 e. The average Bonchev–Trinajstić information content (AvgIpc) is 2.37. The van der Waals surface area contributed by atoms with Gasteiger partial charge in [0.05, 0.1) is 11.4 Å². The minimum absolute atomic E-state index is 0.186. The lowest BCUT2D eigenvalue weighted by Gasteiger charge is -2.21. The molecular weight excluding hydrogens is 227 g/mol. The molecule has 0 atom stereocenters. The van der Waals surface area contributed by atoms with Gasteiger partial charge in [0.15, 0.2) is 0 Å². The van der Waals surface area contributed by atoms with Gasteiger partial charge in [0.1, 0.15) is 5.82 Å². The lowest BCUT2D eigenvalue weighted by molar-refractivity contribution is 0.625. The molecule has 2 nitrogen and oxygen atoms in total. The highest BCUT2D eigenvalue weighted by atomic mass is 19.1. The molecule has 2 aromatic rings. The van der Waals surface area contributed by atoms with Crippen molar-refractivity contribution < 1.29 is 4.39 Å². The number of rotatable bonds is 4. The number of anilines is 2. The van der Waals surface area contributed by atoms with Crippen molar-refractivity contribution in [3.8, 4) is 0 Å². The van der Waals surface area contributed by atoms with E-state index in [0.717, 1.165) is 29.9 Å². The number of hydrogen-bond acceptors (Lipinski definition) is 2. The van der Waals surface area contributed by atoms with Crippen molar-refractivity contribution in [2.45, 2.75) is 6.42 Å². The number of nitrogens with two attached hydrogens (primary N) is 1. The van der Waals surface area contributed by atoms with Crippen molar-refractivity contribution in [2.75, 3.05) is 24.2 Å². The Labute approximate surface area is 107 Å². The van der Waals surface area contributed by atoms with E-state index in [9.17, 15) is 4.39 Å². The third-order valence-electron chi connectivity index (χ3n) is 2.97. The van der Waals surface area contributed by atoms with Crippen LogP contribution in [0, 0.1) is 5.82 Å². The van der Waals surface area contributed by atoms with Crippen molar-refractivity contribution in [2.24, 2.45) is 0 Å². The molecule has 94 valence electrons. The van der Waals surface area contributed by atoms with Gasteiger partial charge in [0, 0.05) is 13.6 Å². The van der Waals surface area contributed by atoms with Gasteiger partial charge in [-0.3, -0.25) is 0 Å². The van der Waals surface area contributed by atoms with Crippen LogP contribution < -0.4 is 10.6 Å². The Hall–Kier alpha value is -2.03. The van der Waals surface area contributed by atoms with Crippen LogP contribution in [0.15, 0.2) is 48.5 Å². The van der Waals surface area contributed by atoms with Crippen molar-refractivity contribution in [3.63, 3.8) is 0 Å². The van der Waals surface area contributed by atoms with Gasteiger partial charge >= 0.3 is 0 Å². The van der Waals surface area contributed by atoms with E-state index in [4.69, 9.17) is 5.73 Å². The van der Waals surface area contributed by atoms with Crippen LogP contribution in [0.4, 0.5) is 15.8 Å². The maximum atomic E-state index is 13.0. The largest absolute Gasteiger partial charge is 0.397 e. The van der Waals surface area contributed by atoms with E-state index in [-0.39, 0.29) is 5.82 Å². The topological polar surface area (TPSA) is 29.3 Å². The molecule has 2 aromatic carbocycles. The molecule has 0 radical (unpaired) electrons. The second-order valence-electron chi connectivity index (χ2n) is 4.36. The zero-order chi connectivity index (χ0) is 13.0. The lowest BCUT2D eigenvalue weighted by atomic mass is 10.1. The third kappa shape index (κ3) is 3.00. The van der Waals surface area contributed by atoms with Gasteiger partial charge in [-0.15, -0.1) is 0 Å². The molecule has 2 N–H and O–H groups in total. The Morgan fingerprint density at radius 3 is 2.61 bits per heavy atom. The zero-order valence-corrected chi connectivity index (χ0v) is 10.4. The van der Waals surface area contributed by atoms with Crippen LogP contribution in [-0.4, -0.2) is 13.6 Å². The molecule has 0 aliphatic heterocycles. The first-order chi connectivity index (χ1) is 8.66. The Morgan fingerprint density at radius 1 is 1.11 bits per heavy atom. The van der Waals surface area contributed by atoms with E-state index < -0.39 is 0 Å². The fourth-order valence-corrected chi connectivity index (χ4v) is 1.94. The molecule has 3 heteroatoms. The molecule has 0 spiro atoms. The van der Waals surface area contributed by atoms with E-state index in [1.165, 1.54) is 6.07 Å². The highest BCUT2D eigenvalue weighted by Gasteiger charge is 2.04. The lowest BCUT2D eigenvalue weighted by Crippen LogP contribution is -2.21. The number of hydrogen-bond donors (Lipinski definition) is 1. The molecule has 0 unspecified atom stereocenters. The Morgan fingerprint density at radius 2 is 1.89 bits per heavy atom. The van der Waals surface area contributed by atoms with Crippen LogP contribution in [-0.2, 0) is 6.42 Å². The summed E-state index contributed by atoms with van der Waals surface area (Å²) in [6.07, 6.45) is 0.794.